The van der Waals surface area contributed by atoms with Crippen molar-refractivity contribution < 1.29 is 24.2 Å². The fourth-order valence-corrected chi connectivity index (χ4v) is 2.50. The molecule has 6 nitrogen and oxygen atoms in total. The van der Waals surface area contributed by atoms with Gasteiger partial charge in [0.2, 0.25) is 5.91 Å². The molecule has 0 bridgehead atoms. The Labute approximate surface area is 113 Å². The van der Waals surface area contributed by atoms with Crippen LogP contribution in [0.3, 0.4) is 0 Å². The molecule has 0 spiro atoms. The van der Waals surface area contributed by atoms with Crippen molar-refractivity contribution >= 4 is 11.9 Å². The molecule has 1 fully saturated rings. The highest BCUT2D eigenvalue weighted by atomic mass is 16.5. The van der Waals surface area contributed by atoms with Gasteiger partial charge < -0.3 is 19.9 Å². The van der Waals surface area contributed by atoms with Crippen LogP contribution in [0.25, 0.3) is 0 Å². The zero-order valence-corrected chi connectivity index (χ0v) is 11.6. The van der Waals surface area contributed by atoms with Gasteiger partial charge in [0.15, 0.2) is 0 Å². The number of rotatable bonds is 7. The van der Waals surface area contributed by atoms with Crippen molar-refractivity contribution in [3.05, 3.63) is 0 Å². The Morgan fingerprint density at radius 2 is 2.11 bits per heavy atom. The highest BCUT2D eigenvalue weighted by Gasteiger charge is 2.46. The van der Waals surface area contributed by atoms with Gasteiger partial charge in [-0.25, -0.2) is 4.79 Å². The molecule has 1 saturated carbocycles. The molecule has 19 heavy (non-hydrogen) atoms. The van der Waals surface area contributed by atoms with Crippen LogP contribution >= 0.6 is 0 Å². The van der Waals surface area contributed by atoms with Gasteiger partial charge in [-0.2, -0.15) is 0 Å². The summed E-state index contributed by atoms with van der Waals surface area (Å²) in [7, 11) is 1.55. The summed E-state index contributed by atoms with van der Waals surface area (Å²) < 4.78 is 9.91. The van der Waals surface area contributed by atoms with Crippen molar-refractivity contribution in [3.63, 3.8) is 0 Å². The lowest BCUT2D eigenvalue weighted by molar-refractivity contribution is -0.152. The van der Waals surface area contributed by atoms with E-state index in [4.69, 9.17) is 9.47 Å². The summed E-state index contributed by atoms with van der Waals surface area (Å²) in [6.45, 7) is 2.47. The molecular formula is C13H23NO5. The van der Waals surface area contributed by atoms with Crippen molar-refractivity contribution in [2.45, 2.75) is 38.1 Å². The summed E-state index contributed by atoms with van der Waals surface area (Å²) in [6, 6.07) is 0. The van der Waals surface area contributed by atoms with Gasteiger partial charge >= 0.3 is 5.97 Å². The van der Waals surface area contributed by atoms with E-state index in [1.54, 1.807) is 7.11 Å². The number of carboxylic acids is 1. The topological polar surface area (TPSA) is 84.9 Å². The fourth-order valence-electron chi connectivity index (χ4n) is 2.50. The van der Waals surface area contributed by atoms with E-state index in [9.17, 15) is 14.7 Å². The van der Waals surface area contributed by atoms with E-state index >= 15 is 0 Å². The first kappa shape index (κ1) is 15.9. The van der Waals surface area contributed by atoms with E-state index in [0.29, 0.717) is 19.6 Å². The van der Waals surface area contributed by atoms with E-state index in [0.717, 1.165) is 19.3 Å². The van der Waals surface area contributed by atoms with Gasteiger partial charge in [0.05, 0.1) is 13.2 Å². The predicted octanol–water partition coefficient (Wildman–Crippen LogP) is 0.799. The van der Waals surface area contributed by atoms with E-state index < -0.39 is 11.5 Å². The molecule has 2 unspecified atom stereocenters. The Morgan fingerprint density at radius 1 is 1.37 bits per heavy atom. The van der Waals surface area contributed by atoms with Gasteiger partial charge in [0, 0.05) is 7.11 Å². The predicted molar refractivity (Wildman–Crippen MR) is 68.8 cm³/mol. The summed E-state index contributed by atoms with van der Waals surface area (Å²) in [6.07, 6.45) is 3.13. The number of carbonyl (C=O) groups excluding carboxylic acids is 1. The molecule has 1 rings (SSSR count). The summed E-state index contributed by atoms with van der Waals surface area (Å²) in [5.41, 5.74) is -1.14. The van der Waals surface area contributed by atoms with Crippen molar-refractivity contribution in [2.75, 3.05) is 26.9 Å². The van der Waals surface area contributed by atoms with Crippen LogP contribution < -0.4 is 5.32 Å². The Morgan fingerprint density at radius 3 is 2.68 bits per heavy atom. The molecule has 0 aromatic rings. The standard InChI is InChI=1S/C13H23NO5/c1-10-5-3-4-6-13(10,12(16)17)14-11(15)9-19-8-7-18-2/h10H,3-9H2,1-2H3,(H,14,15)(H,16,17). The molecular weight excluding hydrogens is 250 g/mol. The van der Waals surface area contributed by atoms with Crippen LogP contribution in [-0.4, -0.2) is 49.5 Å². The van der Waals surface area contributed by atoms with E-state index in [1.807, 2.05) is 6.92 Å². The number of methoxy groups -OCH3 is 1. The van der Waals surface area contributed by atoms with Crippen LogP contribution in [0.5, 0.6) is 0 Å². The van der Waals surface area contributed by atoms with Crippen LogP contribution in [0.15, 0.2) is 0 Å². The number of carbonyl (C=O) groups is 2. The smallest absolute Gasteiger partial charge is 0.329 e. The number of nitrogens with one attached hydrogen (secondary N) is 1. The van der Waals surface area contributed by atoms with Crippen LogP contribution in [0.4, 0.5) is 0 Å². The van der Waals surface area contributed by atoms with Crippen LogP contribution in [0.1, 0.15) is 32.6 Å². The van der Waals surface area contributed by atoms with E-state index in [1.165, 1.54) is 0 Å². The highest BCUT2D eigenvalue weighted by molar-refractivity contribution is 5.88. The number of hydrogen-bond acceptors (Lipinski definition) is 4. The summed E-state index contributed by atoms with van der Waals surface area (Å²) in [5.74, 6) is -1.40. The molecule has 6 heteroatoms. The van der Waals surface area contributed by atoms with Crippen molar-refractivity contribution in [3.8, 4) is 0 Å². The second-order valence-electron chi connectivity index (χ2n) is 5.02. The summed E-state index contributed by atoms with van der Waals surface area (Å²) >= 11 is 0. The molecule has 0 heterocycles. The number of ether oxygens (including phenoxy) is 2. The van der Waals surface area contributed by atoms with E-state index in [2.05, 4.69) is 5.32 Å². The maximum Gasteiger partial charge on any atom is 0.329 e. The van der Waals surface area contributed by atoms with Crippen molar-refractivity contribution in [1.82, 2.24) is 5.32 Å². The lowest BCUT2D eigenvalue weighted by atomic mass is 9.73. The van der Waals surface area contributed by atoms with Crippen molar-refractivity contribution in [2.24, 2.45) is 5.92 Å². The van der Waals surface area contributed by atoms with Gasteiger partial charge in [-0.15, -0.1) is 0 Å². The molecule has 2 N–H and O–H groups in total. The van der Waals surface area contributed by atoms with Gasteiger partial charge in [0.25, 0.3) is 0 Å². The average Bonchev–Trinajstić information content (AvgIpc) is 2.37. The number of carboxylic acid groups (broad SMARTS) is 1. The van der Waals surface area contributed by atoms with Crippen molar-refractivity contribution in [1.29, 1.82) is 0 Å². The maximum absolute atomic E-state index is 11.8. The average molecular weight is 273 g/mol. The van der Waals surface area contributed by atoms with Gasteiger partial charge in [0.1, 0.15) is 12.1 Å². The minimum atomic E-state index is -1.14. The highest BCUT2D eigenvalue weighted by Crippen LogP contribution is 2.33. The first-order chi connectivity index (χ1) is 9.03. The zero-order chi connectivity index (χ0) is 14.3. The van der Waals surface area contributed by atoms with Crippen LogP contribution in [-0.2, 0) is 19.1 Å². The van der Waals surface area contributed by atoms with E-state index in [-0.39, 0.29) is 18.4 Å². The minimum Gasteiger partial charge on any atom is -0.479 e. The van der Waals surface area contributed by atoms with Gasteiger partial charge in [-0.3, -0.25) is 4.79 Å². The molecule has 1 amide bonds. The molecule has 2 atom stereocenters. The first-order valence-electron chi connectivity index (χ1n) is 6.64. The molecule has 0 radical (unpaired) electrons. The van der Waals surface area contributed by atoms with Crippen LogP contribution in [0, 0.1) is 5.92 Å². The third-order valence-corrected chi connectivity index (χ3v) is 3.71. The Bertz CT molecular complexity index is 320. The third-order valence-electron chi connectivity index (χ3n) is 3.71. The lowest BCUT2D eigenvalue weighted by Gasteiger charge is -2.39. The third kappa shape index (κ3) is 4.18. The quantitative estimate of drug-likeness (QED) is 0.670. The summed E-state index contributed by atoms with van der Waals surface area (Å²) in [4.78, 5) is 23.3. The fraction of sp³-hybridized carbons (Fsp3) is 0.846. The monoisotopic (exact) mass is 273 g/mol. The Balaban J connectivity index is 2.53. The maximum atomic E-state index is 11.8. The minimum absolute atomic E-state index is 0.0679. The molecule has 0 aromatic heterocycles. The van der Waals surface area contributed by atoms with Crippen LogP contribution in [0.2, 0.25) is 0 Å². The molecule has 0 saturated heterocycles. The number of aliphatic carboxylic acids is 1. The SMILES string of the molecule is COCCOCC(=O)NC1(C(=O)O)CCCCC1C. The second-order valence-corrected chi connectivity index (χ2v) is 5.02. The Hall–Kier alpha value is -1.14. The molecule has 110 valence electrons. The van der Waals surface area contributed by atoms with Gasteiger partial charge in [-0.05, 0) is 18.8 Å². The summed E-state index contributed by atoms with van der Waals surface area (Å²) in [5, 5.41) is 12.1. The first-order valence-corrected chi connectivity index (χ1v) is 6.64. The Kier molecular flexibility index (Phi) is 6.24. The second kappa shape index (κ2) is 7.45. The molecule has 1 aliphatic rings. The zero-order valence-electron chi connectivity index (χ0n) is 11.6. The number of hydrogen-bond donors (Lipinski definition) is 2. The normalized spacial score (nSPS) is 26.9. The largest absolute Gasteiger partial charge is 0.479 e. The molecule has 1 aliphatic carbocycles. The lowest BCUT2D eigenvalue weighted by Crippen LogP contribution is -2.60. The number of amides is 1. The molecule has 0 aliphatic heterocycles. The van der Waals surface area contributed by atoms with Gasteiger partial charge in [-0.1, -0.05) is 19.8 Å². The molecule has 0 aromatic carbocycles.